The summed E-state index contributed by atoms with van der Waals surface area (Å²) in [6, 6.07) is 5.18. The van der Waals surface area contributed by atoms with E-state index in [1.54, 1.807) is 22.6 Å². The molecule has 3 rings (SSSR count). The van der Waals surface area contributed by atoms with Crippen LogP contribution in [-0.4, -0.2) is 33.6 Å². The summed E-state index contributed by atoms with van der Waals surface area (Å²) >= 11 is 6.11. The highest BCUT2D eigenvalue weighted by Gasteiger charge is 2.27. The number of fused-ring (bicyclic) bond motifs is 1. The Hall–Kier alpha value is -1.59. The molecule has 2 N–H and O–H groups in total. The second-order valence-electron chi connectivity index (χ2n) is 4.05. The number of carbonyl (C=O) groups is 1. The average Bonchev–Trinajstić information content (AvgIpc) is 2.56. The minimum atomic E-state index is -1.02. The van der Waals surface area contributed by atoms with Crippen LogP contribution in [0.4, 0.5) is 0 Å². The van der Waals surface area contributed by atoms with E-state index in [-0.39, 0.29) is 11.6 Å². The minimum absolute atomic E-state index is 0.0643. The number of pyridine rings is 1. The van der Waals surface area contributed by atoms with Crippen molar-refractivity contribution in [1.29, 1.82) is 0 Å². The standard InChI is InChI=1S/C11H10ClN3O2/c12-8-3-1-2-7-9(11(16)17)14-10(15(7)8)6-4-13-5-6/h1-3,6,13H,4-5H2,(H,16,17). The lowest BCUT2D eigenvalue weighted by molar-refractivity contribution is 0.0693. The van der Waals surface area contributed by atoms with Crippen molar-refractivity contribution in [2.24, 2.45) is 0 Å². The van der Waals surface area contributed by atoms with Crippen LogP contribution in [0, 0.1) is 0 Å². The van der Waals surface area contributed by atoms with E-state index in [0.29, 0.717) is 10.7 Å². The van der Waals surface area contributed by atoms with Crippen LogP contribution >= 0.6 is 11.6 Å². The summed E-state index contributed by atoms with van der Waals surface area (Å²) in [5.74, 6) is -0.0689. The molecule has 2 aromatic heterocycles. The van der Waals surface area contributed by atoms with E-state index in [0.717, 1.165) is 18.9 Å². The fourth-order valence-electron chi connectivity index (χ4n) is 2.02. The first-order chi connectivity index (χ1) is 8.18. The van der Waals surface area contributed by atoms with Crippen molar-refractivity contribution in [3.63, 3.8) is 0 Å². The number of halogens is 1. The van der Waals surface area contributed by atoms with Crippen LogP contribution in [0.25, 0.3) is 5.52 Å². The molecular weight excluding hydrogens is 242 g/mol. The van der Waals surface area contributed by atoms with Gasteiger partial charge >= 0.3 is 5.97 Å². The number of aromatic carboxylic acids is 1. The zero-order valence-corrected chi connectivity index (χ0v) is 9.61. The number of hydrogen-bond acceptors (Lipinski definition) is 3. The van der Waals surface area contributed by atoms with Crippen molar-refractivity contribution in [3.8, 4) is 0 Å². The van der Waals surface area contributed by atoms with Crippen LogP contribution in [0.1, 0.15) is 22.2 Å². The Morgan fingerprint density at radius 1 is 1.53 bits per heavy atom. The molecule has 0 amide bonds. The summed E-state index contributed by atoms with van der Waals surface area (Å²) in [5.41, 5.74) is 0.612. The van der Waals surface area contributed by atoms with E-state index in [9.17, 15) is 4.79 Å². The Morgan fingerprint density at radius 3 is 2.88 bits per heavy atom. The maximum atomic E-state index is 11.1. The first-order valence-electron chi connectivity index (χ1n) is 5.29. The molecule has 2 aromatic rings. The summed E-state index contributed by atoms with van der Waals surface area (Å²) in [6.45, 7) is 1.62. The molecule has 0 atom stereocenters. The molecule has 1 saturated heterocycles. The van der Waals surface area contributed by atoms with E-state index in [2.05, 4.69) is 10.3 Å². The Bertz CT molecular complexity index is 604. The van der Waals surface area contributed by atoms with Crippen LogP contribution in [0.15, 0.2) is 18.2 Å². The summed E-state index contributed by atoms with van der Waals surface area (Å²) in [7, 11) is 0. The highest BCUT2D eigenvalue weighted by atomic mass is 35.5. The van der Waals surface area contributed by atoms with Crippen LogP contribution < -0.4 is 5.32 Å². The van der Waals surface area contributed by atoms with Gasteiger partial charge in [-0.2, -0.15) is 0 Å². The Labute approximate surface area is 102 Å². The van der Waals surface area contributed by atoms with Crippen LogP contribution in [-0.2, 0) is 0 Å². The number of nitrogens with one attached hydrogen (secondary N) is 1. The van der Waals surface area contributed by atoms with Gasteiger partial charge in [0.1, 0.15) is 11.0 Å². The molecule has 3 heterocycles. The van der Waals surface area contributed by atoms with Crippen molar-refractivity contribution in [2.45, 2.75) is 5.92 Å². The number of nitrogens with zero attached hydrogens (tertiary/aromatic N) is 2. The number of aromatic nitrogens is 2. The number of rotatable bonds is 2. The van der Waals surface area contributed by atoms with Gasteiger partial charge in [0.25, 0.3) is 0 Å². The largest absolute Gasteiger partial charge is 0.476 e. The van der Waals surface area contributed by atoms with Crippen LogP contribution in [0.5, 0.6) is 0 Å². The van der Waals surface area contributed by atoms with Crippen molar-refractivity contribution in [3.05, 3.63) is 34.9 Å². The fourth-order valence-corrected chi connectivity index (χ4v) is 2.28. The maximum absolute atomic E-state index is 11.1. The summed E-state index contributed by atoms with van der Waals surface area (Å²) < 4.78 is 1.72. The molecule has 17 heavy (non-hydrogen) atoms. The van der Waals surface area contributed by atoms with Gasteiger partial charge in [-0.25, -0.2) is 9.78 Å². The molecule has 0 aromatic carbocycles. The van der Waals surface area contributed by atoms with Crippen molar-refractivity contribution >= 4 is 23.1 Å². The topological polar surface area (TPSA) is 66.6 Å². The lowest BCUT2D eigenvalue weighted by Crippen LogP contribution is -2.41. The Balaban J connectivity index is 2.30. The van der Waals surface area contributed by atoms with E-state index >= 15 is 0 Å². The van der Waals surface area contributed by atoms with Gasteiger partial charge in [-0.15, -0.1) is 0 Å². The lowest BCUT2D eigenvalue weighted by atomic mass is 10.0. The molecule has 1 aliphatic rings. The third kappa shape index (κ3) is 1.50. The van der Waals surface area contributed by atoms with Gasteiger partial charge in [0.2, 0.25) is 0 Å². The monoisotopic (exact) mass is 251 g/mol. The quantitative estimate of drug-likeness (QED) is 0.792. The molecule has 0 radical (unpaired) electrons. The first-order valence-corrected chi connectivity index (χ1v) is 5.67. The third-order valence-corrected chi connectivity index (χ3v) is 3.28. The number of carboxylic acid groups (broad SMARTS) is 1. The molecule has 88 valence electrons. The predicted molar refractivity (Wildman–Crippen MR) is 62.8 cm³/mol. The molecule has 0 bridgehead atoms. The van der Waals surface area contributed by atoms with Gasteiger partial charge in [-0.05, 0) is 12.1 Å². The van der Waals surface area contributed by atoms with E-state index in [1.165, 1.54) is 0 Å². The molecule has 1 fully saturated rings. The second-order valence-corrected chi connectivity index (χ2v) is 4.44. The number of hydrogen-bond donors (Lipinski definition) is 2. The second kappa shape index (κ2) is 3.72. The minimum Gasteiger partial charge on any atom is -0.476 e. The van der Waals surface area contributed by atoms with Crippen LogP contribution in [0.2, 0.25) is 5.15 Å². The van der Waals surface area contributed by atoms with Gasteiger partial charge in [0.05, 0.1) is 5.52 Å². The normalized spacial score (nSPS) is 16.1. The van der Waals surface area contributed by atoms with E-state index in [1.807, 2.05) is 0 Å². The van der Waals surface area contributed by atoms with E-state index in [4.69, 9.17) is 16.7 Å². The van der Waals surface area contributed by atoms with Gasteiger partial charge in [-0.1, -0.05) is 17.7 Å². The van der Waals surface area contributed by atoms with Crippen LogP contribution in [0.3, 0.4) is 0 Å². The van der Waals surface area contributed by atoms with Gasteiger partial charge in [-0.3, -0.25) is 4.40 Å². The first kappa shape index (κ1) is 10.6. The third-order valence-electron chi connectivity index (χ3n) is 2.99. The Kier molecular flexibility index (Phi) is 2.31. The zero-order valence-electron chi connectivity index (χ0n) is 8.85. The molecule has 0 aliphatic carbocycles. The molecule has 0 unspecified atom stereocenters. The summed E-state index contributed by atoms with van der Waals surface area (Å²) in [6.07, 6.45) is 0. The molecular formula is C11H10ClN3O2. The molecule has 5 nitrogen and oxygen atoms in total. The molecule has 1 aliphatic heterocycles. The fraction of sp³-hybridized carbons (Fsp3) is 0.273. The van der Waals surface area contributed by atoms with Gasteiger partial charge in [0.15, 0.2) is 5.69 Å². The number of imidazole rings is 1. The molecule has 6 heteroatoms. The molecule has 0 spiro atoms. The van der Waals surface area contributed by atoms with Crippen molar-refractivity contribution < 1.29 is 9.90 Å². The highest BCUT2D eigenvalue weighted by molar-refractivity contribution is 6.30. The smallest absolute Gasteiger partial charge is 0.356 e. The molecule has 0 saturated carbocycles. The predicted octanol–water partition coefficient (Wildman–Crippen LogP) is 1.37. The Morgan fingerprint density at radius 2 is 2.29 bits per heavy atom. The lowest BCUT2D eigenvalue weighted by Gasteiger charge is -2.26. The summed E-state index contributed by atoms with van der Waals surface area (Å²) in [4.78, 5) is 15.3. The zero-order chi connectivity index (χ0) is 12.0. The average molecular weight is 252 g/mol. The van der Waals surface area contributed by atoms with Gasteiger partial charge < -0.3 is 10.4 Å². The highest BCUT2D eigenvalue weighted by Crippen LogP contribution is 2.26. The van der Waals surface area contributed by atoms with Crippen molar-refractivity contribution in [2.75, 3.05) is 13.1 Å². The van der Waals surface area contributed by atoms with E-state index < -0.39 is 5.97 Å². The summed E-state index contributed by atoms with van der Waals surface area (Å²) in [5, 5.41) is 12.8. The number of carboxylic acids is 1. The van der Waals surface area contributed by atoms with Gasteiger partial charge in [0, 0.05) is 19.0 Å². The SMILES string of the molecule is O=C(O)c1nc(C2CNC2)n2c(Cl)cccc12. The maximum Gasteiger partial charge on any atom is 0.356 e. The van der Waals surface area contributed by atoms with Crippen molar-refractivity contribution in [1.82, 2.24) is 14.7 Å².